The highest BCUT2D eigenvalue weighted by Crippen LogP contribution is 2.42. The number of carbonyl (C=O) groups is 1. The Bertz CT molecular complexity index is 447. The minimum absolute atomic E-state index is 0.0797. The number of ether oxygens (including phenoxy) is 3. The van der Waals surface area contributed by atoms with Crippen LogP contribution in [0.4, 0.5) is 0 Å². The smallest absolute Gasteiger partial charge is 0.312 e. The molecule has 1 saturated carbocycles. The van der Waals surface area contributed by atoms with Crippen molar-refractivity contribution in [3.05, 3.63) is 0 Å². The van der Waals surface area contributed by atoms with Gasteiger partial charge in [0.25, 0.3) is 0 Å². The summed E-state index contributed by atoms with van der Waals surface area (Å²) in [5.41, 5.74) is -0.384. The summed E-state index contributed by atoms with van der Waals surface area (Å²) >= 11 is 0. The third-order valence-electron chi connectivity index (χ3n) is 5.99. The van der Waals surface area contributed by atoms with Crippen molar-refractivity contribution < 1.29 is 19.0 Å². The zero-order chi connectivity index (χ0) is 18.7. The van der Waals surface area contributed by atoms with Gasteiger partial charge in [0.05, 0.1) is 12.0 Å². The lowest BCUT2D eigenvalue weighted by Gasteiger charge is -2.38. The van der Waals surface area contributed by atoms with E-state index in [1.54, 1.807) is 0 Å². The lowest BCUT2D eigenvalue weighted by Crippen LogP contribution is -2.40. The van der Waals surface area contributed by atoms with Gasteiger partial charge in [0.2, 0.25) is 0 Å². The van der Waals surface area contributed by atoms with Gasteiger partial charge in [-0.15, -0.1) is 0 Å². The summed E-state index contributed by atoms with van der Waals surface area (Å²) in [4.78, 5) is 12.9. The summed E-state index contributed by atoms with van der Waals surface area (Å²) < 4.78 is 17.8. The fourth-order valence-corrected chi connectivity index (χ4v) is 4.38. The molecule has 3 unspecified atom stereocenters. The predicted octanol–water partition coefficient (Wildman–Crippen LogP) is 5.09. The second kappa shape index (κ2) is 7.96. The van der Waals surface area contributed by atoms with Gasteiger partial charge in [-0.1, -0.05) is 47.5 Å². The fraction of sp³-hybridized carbons (Fsp3) is 0.952. The molecule has 1 aliphatic carbocycles. The first-order chi connectivity index (χ1) is 11.6. The molecule has 1 saturated heterocycles. The number of carbonyl (C=O) groups excluding carboxylic acids is 1. The largest absolute Gasteiger partial charge is 0.462 e. The number of esters is 1. The summed E-state index contributed by atoms with van der Waals surface area (Å²) in [7, 11) is 0. The van der Waals surface area contributed by atoms with Gasteiger partial charge in [0, 0.05) is 12.8 Å². The molecule has 4 nitrogen and oxygen atoms in total. The first kappa shape index (κ1) is 20.7. The van der Waals surface area contributed by atoms with E-state index in [4.69, 9.17) is 14.2 Å². The molecular weight excluding hydrogens is 316 g/mol. The summed E-state index contributed by atoms with van der Waals surface area (Å²) in [6.07, 6.45) is 7.16. The van der Waals surface area contributed by atoms with Crippen molar-refractivity contribution in [2.75, 3.05) is 13.2 Å². The molecule has 3 atom stereocenters. The Kier molecular flexibility index (Phi) is 6.59. The van der Waals surface area contributed by atoms with Crippen molar-refractivity contribution in [1.29, 1.82) is 0 Å². The molecule has 0 aromatic rings. The summed E-state index contributed by atoms with van der Waals surface area (Å²) in [5.74, 6) is -0.213. The molecule has 2 rings (SSSR count). The highest BCUT2D eigenvalue weighted by Gasteiger charge is 2.45. The highest BCUT2D eigenvalue weighted by molar-refractivity contribution is 5.76. The first-order valence-electron chi connectivity index (χ1n) is 10.1. The van der Waals surface area contributed by atoms with Crippen molar-refractivity contribution in [3.8, 4) is 0 Å². The molecule has 1 heterocycles. The van der Waals surface area contributed by atoms with Crippen molar-refractivity contribution in [3.63, 3.8) is 0 Å². The lowest BCUT2D eigenvalue weighted by atomic mass is 9.67. The van der Waals surface area contributed by atoms with Gasteiger partial charge in [0.1, 0.15) is 12.7 Å². The molecule has 0 aromatic heterocycles. The topological polar surface area (TPSA) is 44.8 Å². The van der Waals surface area contributed by atoms with Crippen molar-refractivity contribution in [2.24, 2.45) is 16.7 Å². The minimum atomic E-state index is -0.463. The highest BCUT2D eigenvalue weighted by atomic mass is 16.8. The molecule has 0 radical (unpaired) electrons. The van der Waals surface area contributed by atoms with Crippen LogP contribution in [0.3, 0.4) is 0 Å². The zero-order valence-corrected chi connectivity index (χ0v) is 17.2. The van der Waals surface area contributed by atoms with E-state index < -0.39 is 11.2 Å². The Balaban J connectivity index is 1.93. The SMILES string of the molecule is CCC(C)C(C)(CC(C)(C)C)C(=O)OCC1COC2(CCCCC2)O1. The van der Waals surface area contributed by atoms with Crippen LogP contribution < -0.4 is 0 Å². The molecule has 4 heteroatoms. The maximum Gasteiger partial charge on any atom is 0.312 e. The van der Waals surface area contributed by atoms with Crippen molar-refractivity contribution >= 4 is 5.97 Å². The van der Waals surface area contributed by atoms with Gasteiger partial charge in [-0.05, 0) is 37.5 Å². The van der Waals surface area contributed by atoms with Crippen LogP contribution in [0.15, 0.2) is 0 Å². The lowest BCUT2D eigenvalue weighted by molar-refractivity contribution is -0.194. The van der Waals surface area contributed by atoms with Crippen LogP contribution in [-0.4, -0.2) is 31.1 Å². The average molecular weight is 355 g/mol. The van der Waals surface area contributed by atoms with Crippen LogP contribution in [0.1, 0.15) is 86.5 Å². The maximum atomic E-state index is 12.9. The number of rotatable bonds is 6. The zero-order valence-electron chi connectivity index (χ0n) is 17.2. The molecule has 2 aliphatic rings. The van der Waals surface area contributed by atoms with Crippen molar-refractivity contribution in [2.45, 2.75) is 98.4 Å². The van der Waals surface area contributed by atoms with Crippen LogP contribution in [-0.2, 0) is 19.0 Å². The third-order valence-corrected chi connectivity index (χ3v) is 5.99. The second-order valence-electron chi connectivity index (χ2n) is 9.58. The maximum absolute atomic E-state index is 12.9. The second-order valence-corrected chi connectivity index (χ2v) is 9.58. The van der Waals surface area contributed by atoms with E-state index in [0.717, 1.165) is 38.5 Å². The average Bonchev–Trinajstić information content (AvgIpc) is 2.93. The normalized spacial score (nSPS) is 27.0. The van der Waals surface area contributed by atoms with Crippen LogP contribution >= 0.6 is 0 Å². The summed E-state index contributed by atoms with van der Waals surface area (Å²) in [6.45, 7) is 13.7. The Morgan fingerprint density at radius 1 is 1.20 bits per heavy atom. The van der Waals surface area contributed by atoms with Gasteiger partial charge in [0.15, 0.2) is 5.79 Å². The number of hydrogen-bond donors (Lipinski definition) is 0. The molecule has 0 amide bonds. The molecule has 0 aromatic carbocycles. The van der Waals surface area contributed by atoms with Crippen molar-refractivity contribution in [1.82, 2.24) is 0 Å². The standard InChI is InChI=1S/C21H38O4/c1-7-16(2)20(6,15-19(3,4)5)18(22)23-13-17-14-24-21(25-17)11-9-8-10-12-21/h16-17H,7-15H2,1-6H3. The van der Waals surface area contributed by atoms with E-state index >= 15 is 0 Å². The van der Waals surface area contributed by atoms with Crippen LogP contribution in [0.2, 0.25) is 0 Å². The van der Waals surface area contributed by atoms with Crippen LogP contribution in [0, 0.1) is 16.7 Å². The quantitative estimate of drug-likeness (QED) is 0.623. The van der Waals surface area contributed by atoms with E-state index in [0.29, 0.717) is 13.2 Å². The molecule has 25 heavy (non-hydrogen) atoms. The Morgan fingerprint density at radius 2 is 1.84 bits per heavy atom. The molecule has 2 fully saturated rings. The Morgan fingerprint density at radius 3 is 2.40 bits per heavy atom. The predicted molar refractivity (Wildman–Crippen MR) is 99.2 cm³/mol. The fourth-order valence-electron chi connectivity index (χ4n) is 4.38. The van der Waals surface area contributed by atoms with Crippen LogP contribution in [0.25, 0.3) is 0 Å². The van der Waals surface area contributed by atoms with E-state index in [-0.39, 0.29) is 23.4 Å². The van der Waals surface area contributed by atoms with E-state index in [1.165, 1.54) is 6.42 Å². The third kappa shape index (κ3) is 5.19. The molecule has 0 N–H and O–H groups in total. The van der Waals surface area contributed by atoms with Gasteiger partial charge >= 0.3 is 5.97 Å². The minimum Gasteiger partial charge on any atom is -0.462 e. The van der Waals surface area contributed by atoms with Gasteiger partial charge in [-0.2, -0.15) is 0 Å². The Labute approximate surface area is 154 Å². The van der Waals surface area contributed by atoms with Gasteiger partial charge in [-0.25, -0.2) is 0 Å². The molecule has 1 aliphatic heterocycles. The first-order valence-corrected chi connectivity index (χ1v) is 10.1. The molecule has 146 valence electrons. The summed E-state index contributed by atoms with van der Waals surface area (Å²) in [6, 6.07) is 0. The van der Waals surface area contributed by atoms with E-state index in [9.17, 15) is 4.79 Å². The van der Waals surface area contributed by atoms with E-state index in [1.807, 2.05) is 0 Å². The monoisotopic (exact) mass is 354 g/mol. The number of hydrogen-bond acceptors (Lipinski definition) is 4. The molecular formula is C21H38O4. The summed E-state index contributed by atoms with van der Waals surface area (Å²) in [5, 5.41) is 0. The van der Waals surface area contributed by atoms with Gasteiger partial charge < -0.3 is 14.2 Å². The molecule has 1 spiro atoms. The molecule has 0 bridgehead atoms. The Hall–Kier alpha value is -0.610. The van der Waals surface area contributed by atoms with Gasteiger partial charge in [-0.3, -0.25) is 4.79 Å². The van der Waals surface area contributed by atoms with E-state index in [2.05, 4.69) is 41.5 Å². The van der Waals surface area contributed by atoms with Crippen LogP contribution in [0.5, 0.6) is 0 Å².